The normalized spacial score (nSPS) is 15.2. The van der Waals surface area contributed by atoms with Crippen molar-refractivity contribution in [1.29, 1.82) is 0 Å². The monoisotopic (exact) mass is 552 g/mol. The fourth-order valence-corrected chi connectivity index (χ4v) is 6.89. The number of sulfone groups is 1. The lowest BCUT2D eigenvalue weighted by Gasteiger charge is -2.27. The molecule has 0 amide bonds. The Morgan fingerprint density at radius 1 is 0.850 bits per heavy atom. The largest absolute Gasteiger partial charge is 0.368 e. The molecule has 6 rings (SSSR count). The molecule has 0 aromatic heterocycles. The lowest BCUT2D eigenvalue weighted by Crippen LogP contribution is -2.15. The Labute approximate surface area is 236 Å². The van der Waals surface area contributed by atoms with Crippen LogP contribution in [0.4, 0.5) is 4.39 Å². The summed E-state index contributed by atoms with van der Waals surface area (Å²) in [6.07, 6.45) is 20.2. The van der Waals surface area contributed by atoms with Gasteiger partial charge in [-0.25, -0.2) is 12.8 Å². The van der Waals surface area contributed by atoms with E-state index in [1.54, 1.807) is 18.2 Å². The Hall–Kier alpha value is -4.00. The van der Waals surface area contributed by atoms with Gasteiger partial charge in [-0.2, -0.15) is 0 Å². The lowest BCUT2D eigenvalue weighted by atomic mass is 9.79. The van der Waals surface area contributed by atoms with Crippen LogP contribution < -0.4 is 11.1 Å². The Morgan fingerprint density at radius 3 is 2.40 bits per heavy atom. The molecule has 1 aliphatic heterocycles. The SMILES string of the molecule is C1=CC=CNC=C1.NCc1ccc(F)cc1C=CCS(=O)(=O)C1=CCCc2c1ccc1c2CCc2ccccc2-1. The van der Waals surface area contributed by atoms with Crippen LogP contribution in [-0.4, -0.2) is 14.2 Å². The minimum Gasteiger partial charge on any atom is -0.368 e. The number of aryl methyl sites for hydroxylation is 1. The third-order valence-electron chi connectivity index (χ3n) is 7.37. The van der Waals surface area contributed by atoms with E-state index in [9.17, 15) is 12.8 Å². The van der Waals surface area contributed by atoms with Crippen molar-refractivity contribution in [2.75, 3.05) is 5.75 Å². The molecule has 4 nitrogen and oxygen atoms in total. The molecular weight excluding hydrogens is 519 g/mol. The molecule has 40 heavy (non-hydrogen) atoms. The Bertz CT molecular complexity index is 1650. The van der Waals surface area contributed by atoms with Crippen molar-refractivity contribution >= 4 is 20.8 Å². The summed E-state index contributed by atoms with van der Waals surface area (Å²) in [5.41, 5.74) is 14.2. The zero-order valence-electron chi connectivity index (χ0n) is 22.3. The number of hydrogen-bond donors (Lipinski definition) is 2. The highest BCUT2D eigenvalue weighted by molar-refractivity contribution is 8.00. The number of fused-ring (bicyclic) bond motifs is 5. The van der Waals surface area contributed by atoms with Gasteiger partial charge >= 0.3 is 0 Å². The summed E-state index contributed by atoms with van der Waals surface area (Å²) in [7, 11) is -3.53. The Kier molecular flexibility index (Phi) is 8.58. The second-order valence-electron chi connectivity index (χ2n) is 9.88. The first-order valence-corrected chi connectivity index (χ1v) is 15.2. The average Bonchev–Trinajstić information content (AvgIpc) is 3.30. The molecule has 1 heterocycles. The minimum absolute atomic E-state index is 0.140. The zero-order valence-corrected chi connectivity index (χ0v) is 23.1. The summed E-state index contributed by atoms with van der Waals surface area (Å²) in [6.45, 7) is 0.263. The molecule has 0 bridgehead atoms. The van der Waals surface area contributed by atoms with Gasteiger partial charge in [0.25, 0.3) is 0 Å². The van der Waals surface area contributed by atoms with Crippen LogP contribution in [0, 0.1) is 5.82 Å². The topological polar surface area (TPSA) is 72.2 Å². The zero-order chi connectivity index (χ0) is 28.0. The molecule has 0 radical (unpaired) electrons. The van der Waals surface area contributed by atoms with Gasteiger partial charge in [-0.1, -0.05) is 72.8 Å². The van der Waals surface area contributed by atoms with Gasteiger partial charge in [0, 0.05) is 18.9 Å². The molecule has 0 unspecified atom stereocenters. The molecule has 0 saturated carbocycles. The van der Waals surface area contributed by atoms with Crippen molar-refractivity contribution in [3.63, 3.8) is 0 Å². The summed E-state index contributed by atoms with van der Waals surface area (Å²) >= 11 is 0. The number of hydrogen-bond acceptors (Lipinski definition) is 4. The highest BCUT2D eigenvalue weighted by Crippen LogP contribution is 2.41. The van der Waals surface area contributed by atoms with Crippen LogP contribution in [0.1, 0.15) is 39.8 Å². The van der Waals surface area contributed by atoms with Gasteiger partial charge in [-0.3, -0.25) is 0 Å². The molecule has 0 fully saturated rings. The van der Waals surface area contributed by atoms with Crippen LogP contribution in [-0.2, 0) is 35.6 Å². The first-order valence-electron chi connectivity index (χ1n) is 13.5. The highest BCUT2D eigenvalue weighted by atomic mass is 32.2. The molecule has 204 valence electrons. The first-order chi connectivity index (χ1) is 19.5. The van der Waals surface area contributed by atoms with Gasteiger partial charge in [0.2, 0.25) is 0 Å². The quantitative estimate of drug-likeness (QED) is 0.372. The number of rotatable bonds is 5. The van der Waals surface area contributed by atoms with E-state index in [2.05, 4.69) is 35.6 Å². The molecule has 3 N–H and O–H groups in total. The average molecular weight is 553 g/mol. The molecule has 3 aromatic rings. The van der Waals surface area contributed by atoms with Crippen molar-refractivity contribution in [1.82, 2.24) is 5.32 Å². The van der Waals surface area contributed by atoms with E-state index in [0.717, 1.165) is 30.4 Å². The van der Waals surface area contributed by atoms with E-state index in [1.807, 2.05) is 48.8 Å². The molecule has 0 spiro atoms. The predicted octanol–water partition coefficient (Wildman–Crippen LogP) is 6.64. The van der Waals surface area contributed by atoms with Gasteiger partial charge in [0.1, 0.15) is 5.82 Å². The summed E-state index contributed by atoms with van der Waals surface area (Å²) in [5, 5.41) is 2.92. The first kappa shape index (κ1) is 27.6. The minimum atomic E-state index is -3.53. The van der Waals surface area contributed by atoms with E-state index in [4.69, 9.17) is 5.73 Å². The van der Waals surface area contributed by atoms with Crippen molar-refractivity contribution in [2.24, 2.45) is 5.73 Å². The maximum Gasteiger partial charge on any atom is 0.182 e. The fraction of sp³-hybridized carbons (Fsp3) is 0.176. The van der Waals surface area contributed by atoms with E-state index < -0.39 is 9.84 Å². The number of benzene rings is 3. The predicted molar refractivity (Wildman–Crippen MR) is 163 cm³/mol. The van der Waals surface area contributed by atoms with Crippen LogP contribution in [0.25, 0.3) is 22.1 Å². The second-order valence-corrected chi connectivity index (χ2v) is 11.9. The number of nitrogens with two attached hydrogens (primary N) is 1. The van der Waals surface area contributed by atoms with E-state index in [1.165, 1.54) is 39.9 Å². The molecular formula is C34H33FN2O2S. The van der Waals surface area contributed by atoms with Gasteiger partial charge in [0.15, 0.2) is 9.84 Å². The summed E-state index contributed by atoms with van der Waals surface area (Å²) in [4.78, 5) is 0.411. The maximum atomic E-state index is 13.6. The fourth-order valence-electron chi connectivity index (χ4n) is 5.46. The second kappa shape index (κ2) is 12.5. The van der Waals surface area contributed by atoms with Crippen molar-refractivity contribution in [2.45, 2.75) is 32.2 Å². The summed E-state index contributed by atoms with van der Waals surface area (Å²) in [6, 6.07) is 16.9. The molecule has 3 aromatic carbocycles. The molecule has 2 aliphatic carbocycles. The molecule has 0 atom stereocenters. The maximum absolute atomic E-state index is 13.6. The van der Waals surface area contributed by atoms with Gasteiger partial charge in [0.05, 0.1) is 10.7 Å². The van der Waals surface area contributed by atoms with Crippen molar-refractivity contribution in [3.05, 3.63) is 143 Å². The van der Waals surface area contributed by atoms with Gasteiger partial charge in [-0.05, 0) is 94.5 Å². The third-order valence-corrected chi connectivity index (χ3v) is 9.05. The number of allylic oxidation sites excluding steroid dienone is 5. The highest BCUT2D eigenvalue weighted by Gasteiger charge is 2.28. The van der Waals surface area contributed by atoms with Crippen molar-refractivity contribution < 1.29 is 12.8 Å². The van der Waals surface area contributed by atoms with Gasteiger partial charge < -0.3 is 11.1 Å². The van der Waals surface area contributed by atoms with Crippen LogP contribution >= 0.6 is 0 Å². The van der Waals surface area contributed by atoms with Crippen LogP contribution in [0.15, 0.2) is 103 Å². The third kappa shape index (κ3) is 6.09. The van der Waals surface area contributed by atoms with Crippen LogP contribution in [0.2, 0.25) is 0 Å². The summed E-state index contributed by atoms with van der Waals surface area (Å²) < 4.78 is 40.2. The number of halogens is 1. The molecule has 3 aliphatic rings. The molecule has 6 heteroatoms. The smallest absolute Gasteiger partial charge is 0.182 e. The lowest BCUT2D eigenvalue weighted by molar-refractivity contribution is 0.608. The standard InChI is InChI=1S/C28H26FNO2S.C6H7N/c29-22-12-10-21(18-30)20(17-22)6-4-16-33(31,32)28-9-3-8-24-26-13-11-19-5-1-2-7-23(19)25(26)14-15-27(24)28;1-2-4-6-7-5-3-1/h1-2,4-7,9-10,12,14-15,17H,3,8,11,13,16,18,30H2;1-7H. The van der Waals surface area contributed by atoms with Crippen LogP contribution in [0.3, 0.4) is 0 Å². The summed E-state index contributed by atoms with van der Waals surface area (Å²) in [5.74, 6) is -0.511. The van der Waals surface area contributed by atoms with E-state index >= 15 is 0 Å². The Balaban J connectivity index is 0.000000403. The van der Waals surface area contributed by atoms with Crippen LogP contribution in [0.5, 0.6) is 0 Å². The number of nitrogens with one attached hydrogen (secondary N) is 1. The van der Waals surface area contributed by atoms with E-state index in [0.29, 0.717) is 16.9 Å². The van der Waals surface area contributed by atoms with Gasteiger partial charge in [-0.15, -0.1) is 0 Å². The van der Waals surface area contributed by atoms with Crippen molar-refractivity contribution in [3.8, 4) is 11.1 Å². The molecule has 0 saturated heterocycles. The Morgan fingerprint density at radius 2 is 1.60 bits per heavy atom. The van der Waals surface area contributed by atoms with E-state index in [-0.39, 0.29) is 18.1 Å².